The molecule has 0 saturated carbocycles. The van der Waals surface area contributed by atoms with Crippen LogP contribution >= 0.6 is 0 Å². The molecule has 0 radical (unpaired) electrons. The number of hydrogen-bond donors (Lipinski definition) is 2. The zero-order valence-corrected chi connectivity index (χ0v) is 51.8. The predicted molar refractivity (Wildman–Crippen MR) is 261 cm³/mol. The molecule has 0 fully saturated rings. The lowest BCUT2D eigenvalue weighted by atomic mass is 10.4. The number of alkyl halides is 9. The molecule has 0 aromatic rings. The molecule has 422 valence electrons. The summed E-state index contributed by atoms with van der Waals surface area (Å²) in [5.74, 6) is 0. The van der Waals surface area contributed by atoms with Gasteiger partial charge in [0.1, 0.15) is 0 Å². The highest BCUT2D eigenvalue weighted by molar-refractivity contribution is 6.91. The van der Waals surface area contributed by atoms with E-state index in [2.05, 4.69) is 10.6 Å². The monoisotopic (exact) mass is 1180 g/mol. The molecular weight excluding hydrogens is 1100 g/mol. The largest absolute Gasteiger partial charge is 0.500 e. The highest BCUT2D eigenvalue weighted by Crippen LogP contribution is 2.40. The highest BCUT2D eigenvalue weighted by Gasteiger charge is 2.57. The van der Waals surface area contributed by atoms with Crippen molar-refractivity contribution in [2.45, 2.75) is 139 Å². The Hall–Kier alpha value is 0.425. The van der Waals surface area contributed by atoms with Gasteiger partial charge in [-0.1, -0.05) is 0 Å². The molecule has 2 N–H and O–H groups in total. The van der Waals surface area contributed by atoms with Gasteiger partial charge in [0.05, 0.1) is 0 Å². The molecule has 0 amide bonds. The summed E-state index contributed by atoms with van der Waals surface area (Å²) < 4.78 is 214. The van der Waals surface area contributed by atoms with Gasteiger partial charge in [0.25, 0.3) is 0 Å². The van der Waals surface area contributed by atoms with Crippen LogP contribution in [0.4, 0.5) is 39.5 Å². The molecule has 0 aliphatic carbocycles. The fourth-order valence-corrected chi connectivity index (χ4v) is 39.4. The van der Waals surface area contributed by atoms with Crippen LogP contribution in [-0.4, -0.2) is 185 Å². The summed E-state index contributed by atoms with van der Waals surface area (Å²) in [6.07, 6.45) is -16.7. The van der Waals surface area contributed by atoms with E-state index >= 15 is 0 Å². The Kier molecular flexibility index (Phi) is 31.8. The van der Waals surface area contributed by atoms with E-state index < -0.39 is 125 Å². The number of hydrogen-bond acceptors (Lipinski definition) is 17. The fourth-order valence-electron chi connectivity index (χ4n) is 7.56. The minimum atomic E-state index is -4.82. The standard InChI is InChI=1S/C36H83F9N2O15Si8/c1-48-67(49-2,50-3)27-16-23-46-25-18-29-69(54-7,55-8)59-63(11,12)58-64(13,31-20-34(37,38)39)60-65(14,32-21-35(40,41)42)61-66(15,33-22-36(43,44)45)62-70(56-9,57-10)30-19-26-47-24-17-28-68(51-4,52-5)53-6/h46-47H,16-33H2,1-15H3. The third kappa shape index (κ3) is 28.0. The van der Waals surface area contributed by atoms with Crippen LogP contribution in [0.15, 0.2) is 0 Å². The van der Waals surface area contributed by atoms with Gasteiger partial charge in [0, 0.05) is 115 Å². The Labute approximate surface area is 418 Å². The quantitative estimate of drug-likeness (QED) is 0.0339. The van der Waals surface area contributed by atoms with Gasteiger partial charge in [-0.15, -0.1) is 0 Å². The Morgan fingerprint density at radius 3 is 0.786 bits per heavy atom. The average Bonchev–Trinajstić information content (AvgIpc) is 3.27. The summed E-state index contributed by atoms with van der Waals surface area (Å²) in [5.41, 5.74) is 0. The Morgan fingerprint density at radius 1 is 0.300 bits per heavy atom. The second kappa shape index (κ2) is 31.6. The Morgan fingerprint density at radius 2 is 0.529 bits per heavy atom. The van der Waals surface area contributed by atoms with Gasteiger partial charge in [-0.3, -0.25) is 0 Å². The molecule has 3 atom stereocenters. The van der Waals surface area contributed by atoms with Crippen molar-refractivity contribution in [3.05, 3.63) is 0 Å². The van der Waals surface area contributed by atoms with E-state index in [9.17, 15) is 39.5 Å². The van der Waals surface area contributed by atoms with Crippen molar-refractivity contribution < 1.29 is 104 Å². The van der Waals surface area contributed by atoms with Crippen LogP contribution in [0.2, 0.25) is 75.0 Å². The predicted octanol–water partition coefficient (Wildman–Crippen LogP) is 8.80. The molecule has 0 bridgehead atoms. The van der Waals surface area contributed by atoms with Crippen LogP contribution in [0.5, 0.6) is 0 Å². The Bertz CT molecular complexity index is 1400. The molecule has 0 aromatic heterocycles. The maximum atomic E-state index is 14.1. The number of halogens is 9. The van der Waals surface area contributed by atoms with Crippen molar-refractivity contribution >= 4 is 69.5 Å². The van der Waals surface area contributed by atoms with E-state index in [0.29, 0.717) is 64.0 Å². The summed E-state index contributed by atoms with van der Waals surface area (Å²) in [6, 6.07) is -1.19. The molecular formula is C36H83F9N2O15Si8. The zero-order chi connectivity index (χ0) is 54.2. The normalized spacial score (nSPS) is 16.6. The first kappa shape index (κ1) is 70.4. The topological polar surface area (TPSA) is 163 Å². The number of rotatable bonds is 42. The van der Waals surface area contributed by atoms with Crippen LogP contribution in [-0.2, 0) is 64.8 Å². The molecule has 0 aliphatic heterocycles. The first-order chi connectivity index (χ1) is 32.2. The zero-order valence-electron chi connectivity index (χ0n) is 43.8. The smallest absolute Gasteiger partial charge is 0.416 e. The lowest BCUT2D eigenvalue weighted by Crippen LogP contribution is -2.64. The van der Waals surface area contributed by atoms with Gasteiger partial charge in [-0.25, -0.2) is 0 Å². The maximum absolute atomic E-state index is 14.1. The van der Waals surface area contributed by atoms with Crippen molar-refractivity contribution in [3.63, 3.8) is 0 Å². The highest BCUT2D eigenvalue weighted by atomic mass is 28.5. The van der Waals surface area contributed by atoms with Crippen LogP contribution < -0.4 is 10.6 Å². The SMILES string of the molecule is CO[Si](CCCNCCC[Si](OC)(OC)O[Si](C)(C)O[Si](C)(CCC(F)(F)F)O[Si](C)(CCC(F)(F)F)O[Si](C)(CCC(F)(F)F)O[Si](CCCNCCC[Si](OC)(OC)OC)(OC)OC)(OC)OC. The molecule has 3 unspecified atom stereocenters. The van der Waals surface area contributed by atoms with Crippen LogP contribution in [0.25, 0.3) is 0 Å². The molecule has 34 heteroatoms. The summed E-state index contributed by atoms with van der Waals surface area (Å²) in [7, 11) is -16.0. The second-order valence-electron chi connectivity index (χ2n) is 17.3. The van der Waals surface area contributed by atoms with E-state index in [1.165, 1.54) is 104 Å². The minimum Gasteiger partial charge on any atom is -0.416 e. The maximum Gasteiger partial charge on any atom is 0.500 e. The van der Waals surface area contributed by atoms with Crippen LogP contribution in [0, 0.1) is 0 Å². The first-order valence-corrected chi connectivity index (χ1v) is 40.9. The third-order valence-electron chi connectivity index (χ3n) is 11.1. The minimum absolute atomic E-state index is 0.0533. The van der Waals surface area contributed by atoms with Gasteiger partial charge in [0.2, 0.25) is 0 Å². The molecule has 0 aliphatic rings. The molecule has 70 heavy (non-hydrogen) atoms. The van der Waals surface area contributed by atoms with Crippen LogP contribution in [0.1, 0.15) is 44.9 Å². The third-order valence-corrected chi connectivity index (χ3v) is 41.5. The van der Waals surface area contributed by atoms with E-state index in [0.717, 1.165) is 0 Å². The van der Waals surface area contributed by atoms with E-state index in [4.69, 9.17) is 64.8 Å². The van der Waals surface area contributed by atoms with Crippen molar-refractivity contribution in [1.82, 2.24) is 10.6 Å². The van der Waals surface area contributed by atoms with Gasteiger partial charge in [0.15, 0.2) is 0 Å². The summed E-state index contributed by atoms with van der Waals surface area (Å²) in [6.45, 7) is 8.70. The molecule has 0 rings (SSSR count). The molecule has 0 aromatic carbocycles. The lowest BCUT2D eigenvalue weighted by molar-refractivity contribution is -0.132. The molecule has 0 heterocycles. The Balaban J connectivity index is 6.80. The molecule has 0 saturated heterocycles. The average molecular weight is 1180 g/mol. The second-order valence-corrected chi connectivity index (χ2v) is 44.1. The summed E-state index contributed by atoms with van der Waals surface area (Å²) in [5, 5.41) is 6.55. The van der Waals surface area contributed by atoms with Crippen molar-refractivity contribution in [2.24, 2.45) is 0 Å². The molecule has 17 nitrogen and oxygen atoms in total. The van der Waals surface area contributed by atoms with Crippen molar-refractivity contribution in [2.75, 3.05) is 97.3 Å². The summed E-state index contributed by atoms with van der Waals surface area (Å²) >= 11 is 0. The van der Waals surface area contributed by atoms with Gasteiger partial charge in [-0.05, 0) is 103 Å². The van der Waals surface area contributed by atoms with Gasteiger partial charge >= 0.3 is 88.0 Å². The fraction of sp³-hybridized carbons (Fsp3) is 1.00. The van der Waals surface area contributed by atoms with Crippen LogP contribution in [0.3, 0.4) is 0 Å². The first-order valence-electron chi connectivity index (χ1n) is 22.8. The van der Waals surface area contributed by atoms with E-state index in [1.807, 2.05) is 0 Å². The van der Waals surface area contributed by atoms with E-state index in [-0.39, 0.29) is 12.1 Å². The van der Waals surface area contributed by atoms with Gasteiger partial charge in [-0.2, -0.15) is 39.5 Å². The van der Waals surface area contributed by atoms with Crippen molar-refractivity contribution in [3.8, 4) is 0 Å². The lowest BCUT2D eigenvalue weighted by Gasteiger charge is -2.46. The van der Waals surface area contributed by atoms with Gasteiger partial charge < -0.3 is 75.5 Å². The molecule has 0 spiro atoms. The summed E-state index contributed by atoms with van der Waals surface area (Å²) in [4.78, 5) is 0. The van der Waals surface area contributed by atoms with Crippen molar-refractivity contribution in [1.29, 1.82) is 0 Å². The van der Waals surface area contributed by atoms with E-state index in [1.54, 1.807) is 0 Å². The number of nitrogens with one attached hydrogen (secondary N) is 2.